The fraction of sp³-hybridized carbons (Fsp3) is 0.786. The predicted octanol–water partition coefficient (Wildman–Crippen LogP) is 1.07. The third-order valence-electron chi connectivity index (χ3n) is 4.68. The summed E-state index contributed by atoms with van der Waals surface area (Å²) in [6, 6.07) is 0.521. The average molecular weight is 277 g/mol. The molecule has 1 aliphatic heterocycles. The summed E-state index contributed by atoms with van der Waals surface area (Å²) in [4.78, 5) is 18.3. The van der Waals surface area contributed by atoms with Gasteiger partial charge < -0.3 is 10.2 Å². The number of carbonyl (C=O) groups is 1. The topological polar surface area (TPSA) is 73.9 Å². The molecule has 3 rings (SSSR count). The SMILES string of the molecule is CN(Cc1ncn[nH]1)C(=O)C1CCC2CCCCC2N1. The van der Waals surface area contributed by atoms with Gasteiger partial charge in [-0.15, -0.1) is 0 Å². The first-order chi connectivity index (χ1) is 9.74. The van der Waals surface area contributed by atoms with Gasteiger partial charge in [0.25, 0.3) is 0 Å². The standard InChI is InChI=1S/C14H23N5O/c1-19(8-13-15-9-16-18-13)14(20)12-7-6-10-4-2-3-5-11(10)17-12/h9-12,17H,2-8H2,1H3,(H,15,16,18). The second kappa shape index (κ2) is 5.91. The molecule has 0 bridgehead atoms. The van der Waals surface area contributed by atoms with Crippen molar-refractivity contribution in [1.29, 1.82) is 0 Å². The molecule has 1 aromatic rings. The molecule has 2 aliphatic rings. The number of hydrogen-bond acceptors (Lipinski definition) is 4. The summed E-state index contributed by atoms with van der Waals surface area (Å²) in [6.45, 7) is 0.491. The Morgan fingerprint density at radius 1 is 1.35 bits per heavy atom. The molecule has 20 heavy (non-hydrogen) atoms. The lowest BCUT2D eigenvalue weighted by Crippen LogP contribution is -2.55. The van der Waals surface area contributed by atoms with Crippen molar-refractivity contribution in [3.05, 3.63) is 12.2 Å². The lowest BCUT2D eigenvalue weighted by Gasteiger charge is -2.40. The zero-order valence-electron chi connectivity index (χ0n) is 12.0. The minimum absolute atomic E-state index is 0.0257. The summed E-state index contributed by atoms with van der Waals surface area (Å²) in [5.41, 5.74) is 0. The number of likely N-dealkylation sites (N-methyl/N-ethyl adjacent to an activating group) is 1. The van der Waals surface area contributed by atoms with Crippen LogP contribution < -0.4 is 5.32 Å². The molecule has 1 saturated heterocycles. The first kappa shape index (κ1) is 13.5. The molecule has 0 aromatic carbocycles. The highest BCUT2D eigenvalue weighted by atomic mass is 16.2. The van der Waals surface area contributed by atoms with Crippen LogP contribution in [0.3, 0.4) is 0 Å². The molecule has 3 unspecified atom stereocenters. The van der Waals surface area contributed by atoms with Crippen molar-refractivity contribution in [2.75, 3.05) is 7.05 Å². The second-order valence-corrected chi connectivity index (χ2v) is 6.07. The first-order valence-corrected chi connectivity index (χ1v) is 7.59. The van der Waals surface area contributed by atoms with E-state index in [2.05, 4.69) is 20.5 Å². The van der Waals surface area contributed by atoms with Crippen molar-refractivity contribution in [3.63, 3.8) is 0 Å². The Labute approximate surface area is 119 Å². The molecule has 110 valence electrons. The van der Waals surface area contributed by atoms with Crippen molar-refractivity contribution >= 4 is 5.91 Å². The number of nitrogens with one attached hydrogen (secondary N) is 2. The molecule has 2 N–H and O–H groups in total. The maximum atomic E-state index is 12.5. The Morgan fingerprint density at radius 2 is 2.20 bits per heavy atom. The average Bonchev–Trinajstić information content (AvgIpc) is 2.99. The molecule has 0 radical (unpaired) electrons. The largest absolute Gasteiger partial charge is 0.337 e. The zero-order valence-corrected chi connectivity index (χ0v) is 12.0. The van der Waals surface area contributed by atoms with Gasteiger partial charge in [-0.1, -0.05) is 12.8 Å². The van der Waals surface area contributed by atoms with Gasteiger partial charge in [0.05, 0.1) is 12.6 Å². The molecule has 1 saturated carbocycles. The van der Waals surface area contributed by atoms with Crippen LogP contribution in [0.5, 0.6) is 0 Å². The van der Waals surface area contributed by atoms with E-state index in [4.69, 9.17) is 0 Å². The van der Waals surface area contributed by atoms with Gasteiger partial charge in [0.1, 0.15) is 12.2 Å². The van der Waals surface area contributed by atoms with Gasteiger partial charge >= 0.3 is 0 Å². The van der Waals surface area contributed by atoms with Gasteiger partial charge in [-0.25, -0.2) is 4.98 Å². The minimum atomic E-state index is -0.0257. The number of hydrogen-bond donors (Lipinski definition) is 2. The van der Waals surface area contributed by atoms with Crippen LogP contribution in [0.15, 0.2) is 6.33 Å². The van der Waals surface area contributed by atoms with Crippen LogP contribution >= 0.6 is 0 Å². The molecule has 6 heteroatoms. The molecular formula is C14H23N5O. The highest BCUT2D eigenvalue weighted by Crippen LogP contribution is 2.32. The Balaban J connectivity index is 1.56. The van der Waals surface area contributed by atoms with Crippen LogP contribution in [0.25, 0.3) is 0 Å². The van der Waals surface area contributed by atoms with E-state index in [1.165, 1.54) is 38.4 Å². The monoisotopic (exact) mass is 277 g/mol. The third kappa shape index (κ3) is 2.85. The number of aromatic nitrogens is 3. The highest BCUT2D eigenvalue weighted by Gasteiger charge is 2.35. The summed E-state index contributed by atoms with van der Waals surface area (Å²) >= 11 is 0. The van der Waals surface area contributed by atoms with Crippen molar-refractivity contribution in [3.8, 4) is 0 Å². The molecule has 1 amide bonds. The number of carbonyl (C=O) groups excluding carboxylic acids is 1. The Kier molecular flexibility index (Phi) is 4.00. The fourth-order valence-electron chi connectivity index (χ4n) is 3.57. The van der Waals surface area contributed by atoms with Crippen molar-refractivity contribution < 1.29 is 4.79 Å². The minimum Gasteiger partial charge on any atom is -0.337 e. The van der Waals surface area contributed by atoms with Gasteiger partial charge in [0.2, 0.25) is 5.91 Å². The number of nitrogens with zero attached hydrogens (tertiary/aromatic N) is 3. The summed E-state index contributed by atoms with van der Waals surface area (Å²) in [5.74, 6) is 1.69. The number of piperidine rings is 1. The van der Waals surface area contributed by atoms with Crippen molar-refractivity contribution in [1.82, 2.24) is 25.4 Å². The van der Waals surface area contributed by atoms with Crippen molar-refractivity contribution in [2.45, 2.75) is 57.2 Å². The van der Waals surface area contributed by atoms with Gasteiger partial charge in [0.15, 0.2) is 0 Å². The smallest absolute Gasteiger partial charge is 0.239 e. The first-order valence-electron chi connectivity index (χ1n) is 7.59. The summed E-state index contributed by atoms with van der Waals surface area (Å²) < 4.78 is 0. The number of aromatic amines is 1. The third-order valence-corrected chi connectivity index (χ3v) is 4.68. The Morgan fingerprint density at radius 3 is 3.00 bits per heavy atom. The molecular weight excluding hydrogens is 254 g/mol. The van der Waals surface area contributed by atoms with E-state index < -0.39 is 0 Å². The molecule has 1 aromatic heterocycles. The maximum absolute atomic E-state index is 12.5. The number of fused-ring (bicyclic) bond motifs is 1. The zero-order chi connectivity index (χ0) is 13.9. The van der Waals surface area contributed by atoms with E-state index in [0.717, 1.165) is 18.2 Å². The lowest BCUT2D eigenvalue weighted by molar-refractivity contribution is -0.134. The number of amides is 1. The molecule has 0 spiro atoms. The summed E-state index contributed by atoms with van der Waals surface area (Å²) in [5, 5.41) is 10.2. The highest BCUT2D eigenvalue weighted by molar-refractivity contribution is 5.81. The van der Waals surface area contributed by atoms with Crippen LogP contribution in [-0.2, 0) is 11.3 Å². The van der Waals surface area contributed by atoms with E-state index in [9.17, 15) is 4.79 Å². The molecule has 2 fully saturated rings. The second-order valence-electron chi connectivity index (χ2n) is 6.07. The summed E-state index contributed by atoms with van der Waals surface area (Å²) in [6.07, 6.45) is 8.81. The van der Waals surface area contributed by atoms with E-state index in [-0.39, 0.29) is 11.9 Å². The van der Waals surface area contributed by atoms with Crippen LogP contribution in [0.1, 0.15) is 44.3 Å². The molecule has 2 heterocycles. The predicted molar refractivity (Wildman–Crippen MR) is 74.8 cm³/mol. The van der Waals surface area contributed by atoms with Gasteiger partial charge in [-0.05, 0) is 31.6 Å². The lowest BCUT2D eigenvalue weighted by atomic mass is 9.77. The van der Waals surface area contributed by atoms with E-state index >= 15 is 0 Å². The molecule has 6 nitrogen and oxygen atoms in total. The van der Waals surface area contributed by atoms with Crippen LogP contribution in [0.4, 0.5) is 0 Å². The fourth-order valence-corrected chi connectivity index (χ4v) is 3.57. The van der Waals surface area contributed by atoms with Crippen LogP contribution in [0, 0.1) is 5.92 Å². The van der Waals surface area contributed by atoms with E-state index in [0.29, 0.717) is 12.6 Å². The van der Waals surface area contributed by atoms with Gasteiger partial charge in [-0.2, -0.15) is 5.10 Å². The van der Waals surface area contributed by atoms with Crippen LogP contribution in [-0.4, -0.2) is 45.1 Å². The number of H-pyrrole nitrogens is 1. The summed E-state index contributed by atoms with van der Waals surface area (Å²) in [7, 11) is 1.83. The molecule has 1 aliphatic carbocycles. The normalized spacial score (nSPS) is 29.8. The Bertz CT molecular complexity index is 446. The maximum Gasteiger partial charge on any atom is 0.239 e. The van der Waals surface area contributed by atoms with Crippen LogP contribution in [0.2, 0.25) is 0 Å². The van der Waals surface area contributed by atoms with E-state index in [1.807, 2.05) is 7.05 Å². The van der Waals surface area contributed by atoms with Gasteiger partial charge in [-0.3, -0.25) is 9.89 Å². The van der Waals surface area contributed by atoms with Crippen molar-refractivity contribution in [2.24, 2.45) is 5.92 Å². The molecule has 3 atom stereocenters. The Hall–Kier alpha value is -1.43. The quantitative estimate of drug-likeness (QED) is 0.867. The van der Waals surface area contributed by atoms with E-state index in [1.54, 1.807) is 4.90 Å². The van der Waals surface area contributed by atoms with Gasteiger partial charge in [0, 0.05) is 13.1 Å². The number of rotatable bonds is 3.